The maximum atomic E-state index is 5.53. The van der Waals surface area contributed by atoms with Gasteiger partial charge in [0, 0.05) is 23.2 Å². The molecule has 1 rings (SSSR count). The van der Waals surface area contributed by atoms with Crippen molar-refractivity contribution in [2.45, 2.75) is 12.2 Å². The molecule has 11 heavy (non-hydrogen) atoms. The fraction of sp³-hybridized carbons (Fsp3) is 0.429. The van der Waals surface area contributed by atoms with Crippen molar-refractivity contribution < 1.29 is 0 Å². The fourth-order valence-corrected chi connectivity index (χ4v) is 1.16. The van der Waals surface area contributed by atoms with E-state index in [9.17, 15) is 0 Å². The Labute approximate surface area is 75.4 Å². The third kappa shape index (κ3) is 2.34. The van der Waals surface area contributed by atoms with Gasteiger partial charge in [0.05, 0.1) is 0 Å². The number of aromatic nitrogens is 2. The molecule has 1 atom stereocenters. The van der Waals surface area contributed by atoms with Gasteiger partial charge in [0.2, 0.25) is 5.28 Å². The molecule has 0 spiro atoms. The number of hydrogen-bond acceptors (Lipinski definition) is 3. The number of halogens is 1. The molecule has 2 nitrogen and oxygen atoms in total. The lowest BCUT2D eigenvalue weighted by atomic mass is 10.3. The summed E-state index contributed by atoms with van der Waals surface area (Å²) >= 11 is 7.29. The van der Waals surface area contributed by atoms with E-state index in [0.717, 1.165) is 5.56 Å². The van der Waals surface area contributed by atoms with Crippen molar-refractivity contribution >= 4 is 23.4 Å². The summed E-state index contributed by atoms with van der Waals surface area (Å²) in [6.45, 7) is 2.11. The Morgan fingerprint density at radius 1 is 1.45 bits per heavy atom. The molecule has 0 aromatic carbocycles. The van der Waals surface area contributed by atoms with Crippen molar-refractivity contribution in [3.05, 3.63) is 23.2 Å². The van der Waals surface area contributed by atoms with Crippen LogP contribution in [0.4, 0.5) is 0 Å². The smallest absolute Gasteiger partial charge is 0.222 e. The van der Waals surface area contributed by atoms with Crippen molar-refractivity contribution in [2.24, 2.45) is 0 Å². The first-order valence-corrected chi connectivity index (χ1v) is 4.91. The molecule has 0 saturated heterocycles. The minimum absolute atomic E-state index is 0.307. The molecule has 1 aromatic heterocycles. The molecular formula is C7H9ClN2S. The van der Waals surface area contributed by atoms with Crippen molar-refractivity contribution in [1.82, 2.24) is 9.97 Å². The van der Waals surface area contributed by atoms with Crippen molar-refractivity contribution in [1.29, 1.82) is 0 Å². The summed E-state index contributed by atoms with van der Waals surface area (Å²) < 4.78 is 0. The van der Waals surface area contributed by atoms with Gasteiger partial charge in [0.1, 0.15) is 0 Å². The van der Waals surface area contributed by atoms with Crippen LogP contribution in [0.1, 0.15) is 17.7 Å². The molecule has 0 bridgehead atoms. The number of thioether (sulfide) groups is 1. The maximum absolute atomic E-state index is 5.53. The van der Waals surface area contributed by atoms with Crippen molar-refractivity contribution in [3.8, 4) is 0 Å². The molecule has 60 valence electrons. The first kappa shape index (κ1) is 8.81. The average molecular weight is 189 g/mol. The Morgan fingerprint density at radius 2 is 2.00 bits per heavy atom. The molecule has 0 aliphatic rings. The summed E-state index contributed by atoms with van der Waals surface area (Å²) in [6, 6.07) is 0. The van der Waals surface area contributed by atoms with Crippen LogP contribution in [0.3, 0.4) is 0 Å². The number of nitrogens with zero attached hydrogens (tertiary/aromatic N) is 2. The predicted octanol–water partition coefficient (Wildman–Crippen LogP) is 2.55. The van der Waals surface area contributed by atoms with Crippen molar-refractivity contribution in [3.63, 3.8) is 0 Å². The molecule has 0 N–H and O–H groups in total. The Bertz CT molecular complexity index is 224. The third-order valence-electron chi connectivity index (χ3n) is 1.46. The Balaban J connectivity index is 2.81. The first-order valence-electron chi connectivity index (χ1n) is 3.24. The normalized spacial score (nSPS) is 13.0. The summed E-state index contributed by atoms with van der Waals surface area (Å²) in [7, 11) is 0. The minimum atomic E-state index is 0.307. The molecule has 0 aliphatic heterocycles. The first-order chi connectivity index (χ1) is 5.24. The summed E-state index contributed by atoms with van der Waals surface area (Å²) in [4.78, 5) is 7.78. The van der Waals surface area contributed by atoms with Crippen molar-refractivity contribution in [2.75, 3.05) is 6.26 Å². The molecule has 0 aliphatic carbocycles. The monoisotopic (exact) mass is 188 g/mol. The van der Waals surface area contributed by atoms with E-state index in [1.807, 2.05) is 0 Å². The zero-order valence-corrected chi connectivity index (χ0v) is 7.99. The Morgan fingerprint density at radius 3 is 2.45 bits per heavy atom. The van der Waals surface area contributed by atoms with Crippen LogP contribution in [-0.4, -0.2) is 16.2 Å². The van der Waals surface area contributed by atoms with Gasteiger partial charge in [0.15, 0.2) is 0 Å². The van der Waals surface area contributed by atoms with Crippen LogP contribution < -0.4 is 0 Å². The molecule has 0 radical (unpaired) electrons. The summed E-state index contributed by atoms with van der Waals surface area (Å²) in [5.41, 5.74) is 1.11. The quantitative estimate of drug-likeness (QED) is 0.668. The highest BCUT2D eigenvalue weighted by atomic mass is 35.5. The van der Waals surface area contributed by atoms with Gasteiger partial charge in [-0.15, -0.1) is 0 Å². The van der Waals surface area contributed by atoms with E-state index >= 15 is 0 Å². The topological polar surface area (TPSA) is 25.8 Å². The van der Waals surface area contributed by atoms with Crippen LogP contribution in [0, 0.1) is 0 Å². The van der Waals surface area contributed by atoms with Crippen LogP contribution in [-0.2, 0) is 0 Å². The molecular weight excluding hydrogens is 180 g/mol. The fourth-order valence-electron chi connectivity index (χ4n) is 0.668. The van der Waals surface area contributed by atoms with E-state index in [0.29, 0.717) is 10.5 Å². The van der Waals surface area contributed by atoms with Crippen LogP contribution in [0.15, 0.2) is 12.4 Å². The van der Waals surface area contributed by atoms with Gasteiger partial charge in [-0.3, -0.25) is 0 Å². The lowest BCUT2D eigenvalue weighted by Crippen LogP contribution is -1.90. The van der Waals surface area contributed by atoms with Gasteiger partial charge in [-0.25, -0.2) is 9.97 Å². The summed E-state index contributed by atoms with van der Waals surface area (Å²) in [5.74, 6) is 0. The minimum Gasteiger partial charge on any atom is -0.226 e. The summed E-state index contributed by atoms with van der Waals surface area (Å²) in [5, 5.41) is 0.745. The van der Waals surface area contributed by atoms with Gasteiger partial charge >= 0.3 is 0 Å². The molecule has 0 unspecified atom stereocenters. The standard InChI is InChI=1S/C7H9ClN2S/c1-5(11-2)6-3-9-7(8)10-4-6/h3-5H,1-2H3/t5-/m1/s1. The molecule has 0 fully saturated rings. The average Bonchev–Trinajstić information content (AvgIpc) is 2.05. The second kappa shape index (κ2) is 3.93. The molecule has 1 aromatic rings. The van der Waals surface area contributed by atoms with E-state index in [2.05, 4.69) is 23.1 Å². The molecule has 0 amide bonds. The summed E-state index contributed by atoms with van der Waals surface area (Å²) in [6.07, 6.45) is 5.58. The van der Waals surface area contributed by atoms with Gasteiger partial charge in [-0.1, -0.05) is 0 Å². The highest BCUT2D eigenvalue weighted by Gasteiger charge is 2.03. The molecule has 1 heterocycles. The Kier molecular flexibility index (Phi) is 3.15. The second-order valence-corrected chi connectivity index (χ2v) is 3.68. The van der Waals surface area contributed by atoms with Crippen LogP contribution in [0.5, 0.6) is 0 Å². The second-order valence-electron chi connectivity index (χ2n) is 2.16. The van der Waals surface area contributed by atoms with E-state index in [-0.39, 0.29) is 0 Å². The SMILES string of the molecule is CS[C@H](C)c1cnc(Cl)nc1. The van der Waals surface area contributed by atoms with E-state index in [4.69, 9.17) is 11.6 Å². The van der Waals surface area contributed by atoms with Crippen LogP contribution >= 0.6 is 23.4 Å². The van der Waals surface area contributed by atoms with Gasteiger partial charge < -0.3 is 0 Å². The number of rotatable bonds is 2. The highest BCUT2D eigenvalue weighted by molar-refractivity contribution is 7.98. The molecule has 0 saturated carbocycles. The third-order valence-corrected chi connectivity index (χ3v) is 2.64. The zero-order valence-electron chi connectivity index (χ0n) is 6.41. The van der Waals surface area contributed by atoms with Gasteiger partial charge in [0.25, 0.3) is 0 Å². The maximum Gasteiger partial charge on any atom is 0.222 e. The van der Waals surface area contributed by atoms with Gasteiger partial charge in [-0.05, 0) is 24.8 Å². The highest BCUT2D eigenvalue weighted by Crippen LogP contribution is 2.24. The van der Waals surface area contributed by atoms with Crippen LogP contribution in [0.2, 0.25) is 5.28 Å². The zero-order chi connectivity index (χ0) is 8.27. The largest absolute Gasteiger partial charge is 0.226 e. The molecule has 4 heteroatoms. The van der Waals surface area contributed by atoms with E-state index in [1.54, 1.807) is 24.2 Å². The van der Waals surface area contributed by atoms with E-state index in [1.165, 1.54) is 0 Å². The van der Waals surface area contributed by atoms with Crippen LogP contribution in [0.25, 0.3) is 0 Å². The lowest BCUT2D eigenvalue weighted by Gasteiger charge is -2.05. The number of hydrogen-bond donors (Lipinski definition) is 0. The predicted molar refractivity (Wildman–Crippen MR) is 49.0 cm³/mol. The van der Waals surface area contributed by atoms with Gasteiger partial charge in [-0.2, -0.15) is 11.8 Å². The lowest BCUT2D eigenvalue weighted by molar-refractivity contribution is 1.02. The van der Waals surface area contributed by atoms with E-state index < -0.39 is 0 Å². The Hall–Kier alpha value is -0.280.